The number of carbonyl (C=O) groups excluding carboxylic acids is 1. The Hall–Kier alpha value is -1.35. The maximum absolute atomic E-state index is 12.0. The zero-order valence-corrected chi connectivity index (χ0v) is 11.0. The Morgan fingerprint density at radius 2 is 1.88 bits per heavy atom. The molecule has 1 atom stereocenters. The average molecular weight is 235 g/mol. The predicted octanol–water partition coefficient (Wildman–Crippen LogP) is 2.52. The van der Waals surface area contributed by atoms with Crippen molar-refractivity contribution in [3.05, 3.63) is 34.9 Å². The second-order valence-corrected chi connectivity index (χ2v) is 4.05. The normalized spacial score (nSPS) is 12.2. The number of hydrogen-bond donors (Lipinski definition) is 1. The summed E-state index contributed by atoms with van der Waals surface area (Å²) < 4.78 is 5.12. The van der Waals surface area contributed by atoms with E-state index in [1.807, 2.05) is 45.9 Å². The second-order valence-electron chi connectivity index (χ2n) is 4.05. The molecule has 1 aromatic carbocycles. The molecule has 0 aromatic heterocycles. The molecular weight excluding hydrogens is 214 g/mol. The highest BCUT2D eigenvalue weighted by Gasteiger charge is 2.23. The molecule has 0 amide bonds. The van der Waals surface area contributed by atoms with Gasteiger partial charge >= 0.3 is 5.97 Å². The maximum Gasteiger partial charge on any atom is 0.327 e. The van der Waals surface area contributed by atoms with Crippen LogP contribution in [0.3, 0.4) is 0 Å². The number of carbonyl (C=O) groups is 1. The number of hydrogen-bond acceptors (Lipinski definition) is 3. The zero-order chi connectivity index (χ0) is 12.8. The Balaban J connectivity index is 3.09. The van der Waals surface area contributed by atoms with Crippen molar-refractivity contribution in [2.75, 3.05) is 13.2 Å². The molecule has 0 bridgehead atoms. The van der Waals surface area contributed by atoms with Gasteiger partial charge in [-0.3, -0.25) is 0 Å². The number of esters is 1. The van der Waals surface area contributed by atoms with Gasteiger partial charge in [0.15, 0.2) is 0 Å². The number of rotatable bonds is 5. The maximum atomic E-state index is 12.0. The summed E-state index contributed by atoms with van der Waals surface area (Å²) >= 11 is 0. The third kappa shape index (κ3) is 3.30. The second kappa shape index (κ2) is 6.40. The van der Waals surface area contributed by atoms with Gasteiger partial charge in [0.2, 0.25) is 0 Å². The van der Waals surface area contributed by atoms with Gasteiger partial charge in [-0.2, -0.15) is 0 Å². The lowest BCUT2D eigenvalue weighted by molar-refractivity contribution is -0.145. The fraction of sp³-hybridized carbons (Fsp3) is 0.500. The molecule has 1 rings (SSSR count). The predicted molar refractivity (Wildman–Crippen MR) is 69.0 cm³/mol. The summed E-state index contributed by atoms with van der Waals surface area (Å²) in [6, 6.07) is 5.68. The number of ether oxygens (including phenoxy) is 1. The first-order valence-electron chi connectivity index (χ1n) is 6.07. The minimum absolute atomic E-state index is 0.202. The highest BCUT2D eigenvalue weighted by molar-refractivity contribution is 5.78. The molecule has 0 aliphatic heterocycles. The molecule has 1 N–H and O–H groups in total. The lowest BCUT2D eigenvalue weighted by atomic mass is 9.96. The minimum atomic E-state index is -0.360. The monoisotopic (exact) mass is 235 g/mol. The van der Waals surface area contributed by atoms with Crippen molar-refractivity contribution in [3.8, 4) is 0 Å². The topological polar surface area (TPSA) is 38.3 Å². The van der Waals surface area contributed by atoms with Crippen molar-refractivity contribution >= 4 is 5.97 Å². The van der Waals surface area contributed by atoms with Crippen LogP contribution in [0, 0.1) is 13.8 Å². The molecule has 1 unspecified atom stereocenters. The van der Waals surface area contributed by atoms with Crippen molar-refractivity contribution in [1.82, 2.24) is 5.32 Å². The third-order valence-corrected chi connectivity index (χ3v) is 2.76. The number of benzene rings is 1. The molecule has 0 saturated carbocycles. The quantitative estimate of drug-likeness (QED) is 0.797. The van der Waals surface area contributed by atoms with Crippen LogP contribution in [0.2, 0.25) is 0 Å². The average Bonchev–Trinajstić information content (AvgIpc) is 2.28. The minimum Gasteiger partial charge on any atom is -0.465 e. The van der Waals surface area contributed by atoms with Crippen LogP contribution < -0.4 is 5.32 Å². The van der Waals surface area contributed by atoms with Gasteiger partial charge in [0, 0.05) is 0 Å². The number of aryl methyl sites for hydroxylation is 2. The van der Waals surface area contributed by atoms with Crippen LogP contribution in [-0.4, -0.2) is 19.1 Å². The standard InChI is InChI=1S/C14H21NO2/c1-5-15-13(14(16)17-6-2)12-10(3)8-7-9-11(12)4/h7-9,13,15H,5-6H2,1-4H3. The highest BCUT2D eigenvalue weighted by atomic mass is 16.5. The van der Waals surface area contributed by atoms with Gasteiger partial charge in [0.05, 0.1) is 6.61 Å². The van der Waals surface area contributed by atoms with Crippen molar-refractivity contribution < 1.29 is 9.53 Å². The van der Waals surface area contributed by atoms with Gasteiger partial charge in [-0.1, -0.05) is 25.1 Å². The van der Waals surface area contributed by atoms with Crippen LogP contribution in [0.1, 0.15) is 36.6 Å². The first kappa shape index (κ1) is 13.7. The smallest absolute Gasteiger partial charge is 0.327 e. The van der Waals surface area contributed by atoms with Gasteiger partial charge in [-0.15, -0.1) is 0 Å². The molecule has 0 heterocycles. The van der Waals surface area contributed by atoms with E-state index < -0.39 is 0 Å². The van der Waals surface area contributed by atoms with Crippen LogP contribution in [0.5, 0.6) is 0 Å². The van der Waals surface area contributed by atoms with E-state index in [1.165, 1.54) is 0 Å². The van der Waals surface area contributed by atoms with Gasteiger partial charge in [0.1, 0.15) is 6.04 Å². The molecule has 3 heteroatoms. The van der Waals surface area contributed by atoms with Crippen molar-refractivity contribution in [2.24, 2.45) is 0 Å². The molecule has 0 aliphatic rings. The molecule has 94 valence electrons. The molecule has 1 aromatic rings. The van der Waals surface area contributed by atoms with E-state index >= 15 is 0 Å². The van der Waals surface area contributed by atoms with Gasteiger partial charge in [-0.05, 0) is 44.0 Å². The lowest BCUT2D eigenvalue weighted by Gasteiger charge is -2.20. The lowest BCUT2D eigenvalue weighted by Crippen LogP contribution is -2.31. The fourth-order valence-electron chi connectivity index (χ4n) is 2.02. The van der Waals surface area contributed by atoms with Crippen molar-refractivity contribution in [2.45, 2.75) is 33.7 Å². The van der Waals surface area contributed by atoms with Crippen molar-refractivity contribution in [3.63, 3.8) is 0 Å². The summed E-state index contributed by atoms with van der Waals surface area (Å²) in [5.74, 6) is -0.202. The summed E-state index contributed by atoms with van der Waals surface area (Å²) in [5.41, 5.74) is 3.26. The van der Waals surface area contributed by atoms with Crippen LogP contribution in [-0.2, 0) is 9.53 Å². The summed E-state index contributed by atoms with van der Waals surface area (Å²) in [7, 11) is 0. The molecular formula is C14H21NO2. The van der Waals surface area contributed by atoms with E-state index in [0.29, 0.717) is 6.61 Å². The SMILES string of the molecule is CCNC(C(=O)OCC)c1c(C)cccc1C. The fourth-order valence-corrected chi connectivity index (χ4v) is 2.02. The van der Waals surface area contributed by atoms with E-state index in [-0.39, 0.29) is 12.0 Å². The first-order chi connectivity index (χ1) is 8.11. The van der Waals surface area contributed by atoms with E-state index in [0.717, 1.165) is 23.2 Å². The Morgan fingerprint density at radius 1 is 1.29 bits per heavy atom. The molecule has 3 nitrogen and oxygen atoms in total. The Labute approximate surface area is 103 Å². The van der Waals surface area contributed by atoms with E-state index in [9.17, 15) is 4.79 Å². The van der Waals surface area contributed by atoms with Crippen LogP contribution in [0.25, 0.3) is 0 Å². The largest absolute Gasteiger partial charge is 0.465 e. The molecule has 0 saturated heterocycles. The summed E-state index contributed by atoms with van der Waals surface area (Å²) in [4.78, 5) is 12.0. The zero-order valence-electron chi connectivity index (χ0n) is 11.0. The number of nitrogens with one attached hydrogen (secondary N) is 1. The Bertz CT molecular complexity index is 368. The van der Waals surface area contributed by atoms with Crippen LogP contribution >= 0.6 is 0 Å². The Kier molecular flexibility index (Phi) is 5.16. The molecule has 0 fully saturated rings. The number of likely N-dealkylation sites (N-methyl/N-ethyl adjacent to an activating group) is 1. The molecule has 0 spiro atoms. The van der Waals surface area contributed by atoms with Gasteiger partial charge in [-0.25, -0.2) is 4.79 Å². The molecule has 0 radical (unpaired) electrons. The van der Waals surface area contributed by atoms with E-state index in [1.54, 1.807) is 0 Å². The Morgan fingerprint density at radius 3 is 2.35 bits per heavy atom. The highest BCUT2D eigenvalue weighted by Crippen LogP contribution is 2.22. The third-order valence-electron chi connectivity index (χ3n) is 2.76. The summed E-state index contributed by atoms with van der Waals surface area (Å²) in [6.45, 7) is 8.99. The summed E-state index contributed by atoms with van der Waals surface area (Å²) in [5, 5.41) is 3.19. The summed E-state index contributed by atoms with van der Waals surface area (Å²) in [6.07, 6.45) is 0. The van der Waals surface area contributed by atoms with Crippen LogP contribution in [0.4, 0.5) is 0 Å². The van der Waals surface area contributed by atoms with Gasteiger partial charge < -0.3 is 10.1 Å². The molecule has 17 heavy (non-hydrogen) atoms. The van der Waals surface area contributed by atoms with Crippen LogP contribution in [0.15, 0.2) is 18.2 Å². The van der Waals surface area contributed by atoms with Gasteiger partial charge in [0.25, 0.3) is 0 Å². The van der Waals surface area contributed by atoms with Crippen molar-refractivity contribution in [1.29, 1.82) is 0 Å². The van der Waals surface area contributed by atoms with E-state index in [2.05, 4.69) is 5.32 Å². The van der Waals surface area contributed by atoms with E-state index in [4.69, 9.17) is 4.74 Å². The first-order valence-corrected chi connectivity index (χ1v) is 6.07. The molecule has 0 aliphatic carbocycles.